The fourth-order valence-electron chi connectivity index (χ4n) is 2.96. The van der Waals surface area contributed by atoms with E-state index in [1.165, 1.54) is 37.4 Å². The van der Waals surface area contributed by atoms with Crippen molar-refractivity contribution in [3.8, 4) is 17.3 Å². The summed E-state index contributed by atoms with van der Waals surface area (Å²) in [7, 11) is 1.33. The number of amides is 2. The molecular weight excluding hydrogens is 441 g/mol. The number of carboxylic acid groups (broad SMARTS) is 1. The van der Waals surface area contributed by atoms with Gasteiger partial charge in [0.25, 0.3) is 11.8 Å². The van der Waals surface area contributed by atoms with Crippen LogP contribution in [-0.2, 0) is 4.79 Å². The van der Waals surface area contributed by atoms with E-state index in [2.05, 4.69) is 5.32 Å². The van der Waals surface area contributed by atoms with E-state index in [0.29, 0.717) is 22.6 Å². The van der Waals surface area contributed by atoms with Crippen LogP contribution in [0, 0.1) is 17.4 Å². The van der Waals surface area contributed by atoms with Crippen LogP contribution in [-0.4, -0.2) is 40.9 Å². The summed E-state index contributed by atoms with van der Waals surface area (Å²) in [6.07, 6.45) is 2.09. The van der Waals surface area contributed by atoms with E-state index in [9.17, 15) is 19.5 Å². The van der Waals surface area contributed by atoms with Crippen LogP contribution in [0.4, 0.5) is 0 Å². The average Bonchev–Trinajstić information content (AvgIpc) is 2.71. The van der Waals surface area contributed by atoms with Gasteiger partial charge < -0.3 is 10.4 Å². The first-order valence-electron chi connectivity index (χ1n) is 9.36. The zero-order chi connectivity index (χ0) is 23.3. The second-order valence-electron chi connectivity index (χ2n) is 7.35. The number of nitrogens with zero attached hydrogens (tertiary/aromatic N) is 2. The van der Waals surface area contributed by atoms with Gasteiger partial charge >= 0.3 is 5.97 Å². The number of aromatic carboxylic acids is 1. The summed E-state index contributed by atoms with van der Waals surface area (Å²) < 4.78 is 0. The largest absolute Gasteiger partial charge is 0.478 e. The molecule has 0 spiro atoms. The predicted molar refractivity (Wildman–Crippen MR) is 118 cm³/mol. The summed E-state index contributed by atoms with van der Waals surface area (Å²) in [5.41, 5.74) is 1.19. The Bertz CT molecular complexity index is 1060. The quantitative estimate of drug-likeness (QED) is 0.467. The topological polar surface area (TPSA) is 110 Å². The number of halogens is 2. The minimum atomic E-state index is -1.09. The van der Waals surface area contributed by atoms with Crippen LogP contribution in [0.5, 0.6) is 0 Å². The lowest BCUT2D eigenvalue weighted by Crippen LogP contribution is -2.46. The number of hydrogen-bond donors (Lipinski definition) is 2. The van der Waals surface area contributed by atoms with Gasteiger partial charge in [-0.25, -0.2) is 4.79 Å². The zero-order valence-electron chi connectivity index (χ0n) is 17.1. The summed E-state index contributed by atoms with van der Waals surface area (Å²) in [5.74, 6) is -2.08. The first-order chi connectivity index (χ1) is 14.5. The van der Waals surface area contributed by atoms with Gasteiger partial charge in [0.1, 0.15) is 6.04 Å². The van der Waals surface area contributed by atoms with Gasteiger partial charge in [0.15, 0.2) is 6.19 Å². The highest BCUT2D eigenvalue weighted by Gasteiger charge is 2.26. The van der Waals surface area contributed by atoms with Gasteiger partial charge in [-0.1, -0.05) is 43.1 Å². The minimum absolute atomic E-state index is 0.0639. The van der Waals surface area contributed by atoms with Crippen molar-refractivity contribution in [3.63, 3.8) is 0 Å². The Morgan fingerprint density at radius 3 is 2.35 bits per heavy atom. The van der Waals surface area contributed by atoms with E-state index < -0.39 is 23.8 Å². The van der Waals surface area contributed by atoms with Crippen molar-refractivity contribution in [3.05, 3.63) is 57.6 Å². The van der Waals surface area contributed by atoms with Crippen molar-refractivity contribution < 1.29 is 19.5 Å². The molecule has 2 aromatic rings. The van der Waals surface area contributed by atoms with Gasteiger partial charge in [-0.15, -0.1) is 0 Å². The molecule has 2 amide bonds. The lowest BCUT2D eigenvalue weighted by molar-refractivity contribution is -0.129. The highest BCUT2D eigenvalue weighted by Crippen LogP contribution is 2.32. The van der Waals surface area contributed by atoms with Gasteiger partial charge in [0.05, 0.1) is 16.1 Å². The lowest BCUT2D eigenvalue weighted by atomic mass is 10.00. The second-order valence-corrected chi connectivity index (χ2v) is 8.16. The van der Waals surface area contributed by atoms with Crippen molar-refractivity contribution in [2.75, 3.05) is 7.05 Å². The molecule has 2 aromatic carbocycles. The molecule has 0 radical (unpaired) electrons. The molecule has 0 unspecified atom stereocenters. The molecule has 0 bridgehead atoms. The summed E-state index contributed by atoms with van der Waals surface area (Å²) >= 11 is 12.5. The molecule has 2 rings (SSSR count). The van der Waals surface area contributed by atoms with E-state index >= 15 is 0 Å². The Morgan fingerprint density at radius 2 is 1.81 bits per heavy atom. The number of carbonyl (C=O) groups excluding carboxylic acids is 2. The summed E-state index contributed by atoms with van der Waals surface area (Å²) in [4.78, 5) is 37.3. The highest BCUT2D eigenvalue weighted by atomic mass is 35.5. The number of hydrogen-bond acceptors (Lipinski definition) is 4. The molecule has 0 saturated carbocycles. The Labute approximate surface area is 190 Å². The van der Waals surface area contributed by atoms with Crippen molar-refractivity contribution in [2.24, 2.45) is 5.92 Å². The van der Waals surface area contributed by atoms with E-state index in [4.69, 9.17) is 28.5 Å². The van der Waals surface area contributed by atoms with Crippen LogP contribution in [0.25, 0.3) is 11.1 Å². The van der Waals surface area contributed by atoms with Crippen molar-refractivity contribution in [1.82, 2.24) is 10.2 Å². The molecule has 0 aliphatic carbocycles. The number of rotatable bonds is 7. The maximum absolute atomic E-state index is 12.8. The van der Waals surface area contributed by atoms with Crippen LogP contribution in [0.1, 0.15) is 41.0 Å². The van der Waals surface area contributed by atoms with Gasteiger partial charge in [-0.3, -0.25) is 14.5 Å². The maximum Gasteiger partial charge on any atom is 0.335 e. The zero-order valence-corrected chi connectivity index (χ0v) is 18.7. The molecule has 2 N–H and O–H groups in total. The normalized spacial score (nSPS) is 11.5. The fourth-order valence-corrected chi connectivity index (χ4v) is 3.45. The molecule has 0 aliphatic rings. The van der Waals surface area contributed by atoms with Crippen LogP contribution in [0.2, 0.25) is 10.0 Å². The number of benzene rings is 2. The Kier molecular flexibility index (Phi) is 8.03. The third-order valence-electron chi connectivity index (χ3n) is 4.53. The first-order valence-corrected chi connectivity index (χ1v) is 10.1. The summed E-state index contributed by atoms with van der Waals surface area (Å²) in [6.45, 7) is 3.80. The van der Waals surface area contributed by atoms with E-state index in [0.717, 1.165) is 4.90 Å². The van der Waals surface area contributed by atoms with E-state index in [1.54, 1.807) is 12.3 Å². The molecular formula is C22H21Cl2N3O4. The van der Waals surface area contributed by atoms with Crippen LogP contribution in [0.15, 0.2) is 36.4 Å². The van der Waals surface area contributed by atoms with Crippen molar-refractivity contribution in [2.45, 2.75) is 26.3 Å². The fraction of sp³-hybridized carbons (Fsp3) is 0.273. The molecule has 1 atom stereocenters. The summed E-state index contributed by atoms with van der Waals surface area (Å²) in [6, 6.07) is 7.98. The molecule has 0 saturated heterocycles. The number of nitrogens with one attached hydrogen (secondary N) is 1. The smallest absolute Gasteiger partial charge is 0.335 e. The van der Waals surface area contributed by atoms with E-state index in [1.807, 2.05) is 13.8 Å². The third-order valence-corrected chi connectivity index (χ3v) is 5.17. The van der Waals surface area contributed by atoms with Crippen molar-refractivity contribution in [1.29, 1.82) is 5.26 Å². The van der Waals surface area contributed by atoms with Crippen molar-refractivity contribution >= 4 is 41.0 Å². The third kappa shape index (κ3) is 5.97. The van der Waals surface area contributed by atoms with Gasteiger partial charge in [-0.05, 0) is 48.2 Å². The molecule has 0 aliphatic heterocycles. The average molecular weight is 462 g/mol. The molecule has 0 heterocycles. The summed E-state index contributed by atoms with van der Waals surface area (Å²) in [5, 5.41) is 21.3. The predicted octanol–water partition coefficient (Wildman–Crippen LogP) is 4.44. The van der Waals surface area contributed by atoms with Crippen LogP contribution >= 0.6 is 23.2 Å². The highest BCUT2D eigenvalue weighted by molar-refractivity contribution is 6.35. The standard InChI is InChI=1S/C22H21Cl2N3O4/c1-12(2)8-19(21(29)27(3)11-25)26-20(28)15-6-4-13(10-18(15)24)16-9-14(22(30)31)5-7-17(16)23/h4-7,9-10,12,19H,8H2,1-3H3,(H,26,28)(H,30,31)/t19-/m0/s1. The van der Waals surface area contributed by atoms with Gasteiger partial charge in [0, 0.05) is 17.6 Å². The van der Waals surface area contributed by atoms with Gasteiger partial charge in [-0.2, -0.15) is 5.26 Å². The first kappa shape index (κ1) is 24.2. The monoisotopic (exact) mass is 461 g/mol. The molecule has 162 valence electrons. The van der Waals surface area contributed by atoms with Gasteiger partial charge in [0.2, 0.25) is 0 Å². The van der Waals surface area contributed by atoms with Crippen LogP contribution < -0.4 is 5.32 Å². The second kappa shape index (κ2) is 10.3. The number of carboxylic acids is 1. The number of nitriles is 1. The Hall–Kier alpha value is -3.08. The Morgan fingerprint density at radius 1 is 1.13 bits per heavy atom. The molecule has 0 fully saturated rings. The molecule has 7 nitrogen and oxygen atoms in total. The SMILES string of the molecule is CC(C)C[C@H](NC(=O)c1ccc(-c2cc(C(=O)O)ccc2Cl)cc1Cl)C(=O)N(C)C#N. The molecule has 0 aromatic heterocycles. The maximum atomic E-state index is 12.8. The number of likely N-dealkylation sites (N-methyl/N-ethyl adjacent to an activating group) is 1. The Balaban J connectivity index is 2.33. The van der Waals surface area contributed by atoms with Crippen LogP contribution in [0.3, 0.4) is 0 Å². The lowest BCUT2D eigenvalue weighted by Gasteiger charge is -2.22. The molecule has 31 heavy (non-hydrogen) atoms. The molecule has 9 heteroatoms. The number of carbonyl (C=O) groups is 3. The minimum Gasteiger partial charge on any atom is -0.478 e. The van der Waals surface area contributed by atoms with E-state index in [-0.39, 0.29) is 22.1 Å².